The highest BCUT2D eigenvalue weighted by Crippen LogP contribution is 2.57. The zero-order valence-electron chi connectivity index (χ0n) is 54.2. The quantitative estimate of drug-likeness (QED) is 0.0294. The maximum atomic E-state index is 12.2. The Balaban J connectivity index is 0.000000333. The molecule has 0 aromatic heterocycles. The largest absolute Gasteiger partial charge is 0.743 e. The van der Waals surface area contributed by atoms with Gasteiger partial charge in [-0.15, -0.1) is 0 Å². The van der Waals surface area contributed by atoms with Crippen molar-refractivity contribution >= 4 is 52.1 Å². The predicted molar refractivity (Wildman–Crippen MR) is 330 cm³/mol. The van der Waals surface area contributed by atoms with E-state index in [1.54, 1.807) is 0 Å². The van der Waals surface area contributed by atoms with Crippen molar-refractivity contribution in [3.8, 4) is 0 Å². The molecule has 0 fully saturated rings. The molecule has 42 heteroatoms. The molecule has 0 aliphatic heterocycles. The monoisotopic (exact) mass is 1780 g/mol. The summed E-state index contributed by atoms with van der Waals surface area (Å²) in [6.45, 7) is 8.94. The summed E-state index contributed by atoms with van der Waals surface area (Å²) in [5.41, 5.74) is 10.8. The number of alkyl halides is 27. The van der Waals surface area contributed by atoms with Crippen LogP contribution in [0.4, 0.5) is 119 Å². The molecule has 0 spiro atoms. The van der Waals surface area contributed by atoms with Gasteiger partial charge in [-0.05, 0) is 136 Å². The average molecular weight is 1790 g/mol. The lowest BCUT2D eigenvalue weighted by atomic mass is 10.1. The van der Waals surface area contributed by atoms with Gasteiger partial charge in [0.25, 0.3) is 0 Å². The second-order valence-electron chi connectivity index (χ2n) is 22.5. The van der Waals surface area contributed by atoms with E-state index >= 15 is 0 Å². The van der Waals surface area contributed by atoms with Crippen molar-refractivity contribution in [2.24, 2.45) is 0 Å². The van der Waals surface area contributed by atoms with E-state index in [-0.39, 0.29) is 43.0 Å². The normalized spacial score (nSPS) is 13.6. The van der Waals surface area contributed by atoms with Crippen molar-refractivity contribution in [1.29, 1.82) is 0 Å². The number of hydrogen-bond acceptors (Lipinski definition) is 9. The van der Waals surface area contributed by atoms with Gasteiger partial charge in [0, 0.05) is 22.3 Å². The number of rotatable bonds is 21. The summed E-state index contributed by atoms with van der Waals surface area (Å²) in [5, 5.41) is -21.3. The minimum Gasteiger partial charge on any atom is -0.743 e. The lowest BCUT2D eigenvalue weighted by Crippen LogP contribution is -3.61. The van der Waals surface area contributed by atoms with Crippen LogP contribution in [-0.4, -0.2) is 109 Å². The van der Waals surface area contributed by atoms with Crippen molar-refractivity contribution in [3.63, 3.8) is 0 Å². The highest BCUT2D eigenvalue weighted by atomic mass is 127. The van der Waals surface area contributed by atoms with Crippen LogP contribution in [-0.2, 0) is 65.0 Å². The van der Waals surface area contributed by atoms with Crippen LogP contribution in [0, 0.1) is 34.8 Å². The number of halogens is 28. The van der Waals surface area contributed by atoms with E-state index in [0.717, 1.165) is 12.8 Å². The Kier molecular flexibility index (Phi) is 28.1. The average Bonchev–Trinajstić information content (AvgIpc) is 0.739. The standard InChI is InChI=1S/C54H48IS2.3C4HF9O3S/c1-39-13-5-9-17-51(39)56(52-18-10-6-14-40(52)2)49-33-25-45(26-34-49)37-43-21-29-47(30-22-43)55-48-31-23-44(24-32-48)38-46-27-35-50(36-28-46)57(53-19-11-7-15-41(53)3)54-20-12-8-16-42(54)4;3*5-1(6,3(9,10)11)2(7,8)4(12,13)17(14,15)16/h5-36H,37-38H2,1-4H3;3*(H,14,15,16)/q+3;;;/p-3. The molecule has 0 amide bonds. The Bertz CT molecular complexity index is 4300. The van der Waals surface area contributed by atoms with Crippen LogP contribution in [0.1, 0.15) is 44.5 Å². The van der Waals surface area contributed by atoms with E-state index in [1.807, 2.05) is 0 Å². The first-order chi connectivity index (χ1) is 48.9. The molecule has 9 nitrogen and oxygen atoms in total. The minimum absolute atomic E-state index is 0.140. The predicted octanol–water partition coefficient (Wildman–Crippen LogP) is 16.3. The lowest BCUT2D eigenvalue weighted by Gasteiger charge is -2.34. The van der Waals surface area contributed by atoms with Gasteiger partial charge in [-0.1, -0.05) is 121 Å². The van der Waals surface area contributed by atoms with Crippen molar-refractivity contribution in [2.45, 2.75) is 140 Å². The van der Waals surface area contributed by atoms with Gasteiger partial charge >= 0.3 is 91.0 Å². The van der Waals surface area contributed by atoms with Crippen LogP contribution < -0.4 is 21.2 Å². The lowest BCUT2D eigenvalue weighted by molar-refractivity contribution is -0.597. The molecule has 0 atom stereocenters. The van der Waals surface area contributed by atoms with E-state index < -0.39 is 100 Å². The number of aryl methyl sites for hydroxylation is 4. The van der Waals surface area contributed by atoms with Gasteiger partial charge in [0.1, 0.15) is 0 Å². The fraction of sp³-hybridized carbons (Fsp3) is 0.273. The maximum absolute atomic E-state index is 12.2. The van der Waals surface area contributed by atoms with Crippen LogP contribution in [0.25, 0.3) is 0 Å². The summed E-state index contributed by atoms with van der Waals surface area (Å²) in [6.07, 6.45) is -19.6. The molecular weight excluding hydrogens is 1740 g/mol. The third-order valence-corrected chi connectivity index (χ3v) is 25.1. The third kappa shape index (κ3) is 19.5. The number of hydrogen-bond donors (Lipinski definition) is 0. The molecule has 0 radical (unpaired) electrons. The van der Waals surface area contributed by atoms with E-state index in [2.05, 4.69) is 222 Å². The zero-order valence-corrected chi connectivity index (χ0v) is 60.4. The minimum atomic E-state index is -7.43. The first kappa shape index (κ1) is 91.6. The van der Waals surface area contributed by atoms with Gasteiger partial charge < -0.3 is 13.7 Å². The van der Waals surface area contributed by atoms with Gasteiger partial charge in [0.15, 0.2) is 66.9 Å². The summed E-state index contributed by atoms with van der Waals surface area (Å²) in [6, 6.07) is 72.8. The molecule has 0 bridgehead atoms. The second kappa shape index (κ2) is 33.1. The molecule has 8 aromatic rings. The van der Waals surface area contributed by atoms with Crippen molar-refractivity contribution < 1.29 is 179 Å². The molecule has 0 heterocycles. The van der Waals surface area contributed by atoms with Crippen molar-refractivity contribution in [2.75, 3.05) is 0 Å². The van der Waals surface area contributed by atoms with Crippen LogP contribution in [0.3, 0.4) is 0 Å². The Labute approximate surface area is 612 Å². The third-order valence-electron chi connectivity index (χ3n) is 14.7. The fourth-order valence-corrected chi connectivity index (χ4v) is 17.1. The summed E-state index contributed by atoms with van der Waals surface area (Å²) in [4.78, 5) is 8.35. The van der Waals surface area contributed by atoms with E-state index in [0.29, 0.717) is 0 Å². The molecule has 0 unspecified atom stereocenters. The van der Waals surface area contributed by atoms with Gasteiger partial charge in [-0.25, -0.2) is 25.3 Å². The van der Waals surface area contributed by atoms with E-state index in [1.165, 1.54) is 81.0 Å². The van der Waals surface area contributed by atoms with Crippen molar-refractivity contribution in [1.82, 2.24) is 0 Å². The van der Waals surface area contributed by atoms with Crippen molar-refractivity contribution in [3.05, 3.63) is 246 Å². The smallest absolute Gasteiger partial charge is 0.460 e. The first-order valence-electron chi connectivity index (χ1n) is 29.1. The Morgan fingerprint density at radius 2 is 0.444 bits per heavy atom. The molecule has 0 aliphatic carbocycles. The van der Waals surface area contributed by atoms with E-state index in [4.69, 9.17) is 0 Å². The number of benzene rings is 8. The van der Waals surface area contributed by atoms with Crippen LogP contribution in [0.2, 0.25) is 0 Å². The molecule has 8 rings (SSSR count). The van der Waals surface area contributed by atoms with Crippen LogP contribution in [0.5, 0.6) is 0 Å². The van der Waals surface area contributed by atoms with Gasteiger partial charge in [0.2, 0.25) is 0 Å². The molecule has 0 aliphatic rings. The first-order valence-corrected chi connectivity index (χ1v) is 37.9. The summed E-state index contributed by atoms with van der Waals surface area (Å²) in [5.74, 6) is -44.5. The SMILES string of the molecule is Cc1ccccc1[S+](c1ccc(Cc2ccc([I+]c3ccc(Cc4ccc([S+](c5ccccc5C)c5ccccc5C)cc4)cc3)cc2)cc1)c1ccccc1C.O=S(=O)([O-])C(F)(F)C(F)(F)C(F)(F)C(F)(F)F.O=S(=O)([O-])C(F)(F)C(F)(F)C(F)(F)C(F)(F)F.O=S(=O)([O-])C(F)(F)C(F)(F)C(F)(F)C(F)(F)F. The summed E-state index contributed by atoms with van der Waals surface area (Å²) < 4.78 is 409. The Morgan fingerprint density at radius 1 is 0.269 bits per heavy atom. The Morgan fingerprint density at radius 3 is 0.611 bits per heavy atom. The molecule has 0 saturated carbocycles. The fourth-order valence-electron chi connectivity index (χ4n) is 8.85. The van der Waals surface area contributed by atoms with Gasteiger partial charge in [-0.2, -0.15) is 119 Å². The molecule has 592 valence electrons. The molecule has 0 N–H and O–H groups in total. The molecule has 108 heavy (non-hydrogen) atoms. The maximum Gasteiger partial charge on any atom is 0.460 e. The highest BCUT2D eigenvalue weighted by Gasteiger charge is 2.86. The zero-order chi connectivity index (χ0) is 82.6. The summed E-state index contributed by atoms with van der Waals surface area (Å²) >= 11 is -0.242. The van der Waals surface area contributed by atoms with Gasteiger partial charge in [-0.3, -0.25) is 0 Å². The molecule has 0 saturated heterocycles. The molecule has 8 aromatic carbocycles. The highest BCUT2D eigenvalue weighted by molar-refractivity contribution is 7.97. The molecular formula is C66H48F27IO9S5. The van der Waals surface area contributed by atoms with Crippen LogP contribution in [0.15, 0.2) is 223 Å². The van der Waals surface area contributed by atoms with Crippen LogP contribution >= 0.6 is 0 Å². The van der Waals surface area contributed by atoms with Gasteiger partial charge in [0.05, 0.1) is 21.8 Å². The Hall–Kier alpha value is -6.97. The van der Waals surface area contributed by atoms with E-state index in [9.17, 15) is 157 Å². The summed E-state index contributed by atoms with van der Waals surface area (Å²) in [7, 11) is -22.5. The topological polar surface area (TPSA) is 172 Å². The second-order valence-corrected chi connectivity index (χ2v) is 33.7.